The third-order valence-electron chi connectivity index (χ3n) is 4.33. The first kappa shape index (κ1) is 15.1. The molecule has 1 atom stereocenters. The molecule has 22 heavy (non-hydrogen) atoms. The van der Waals surface area contributed by atoms with Crippen LogP contribution < -0.4 is 4.90 Å². The zero-order valence-corrected chi connectivity index (χ0v) is 13.0. The second-order valence-corrected chi connectivity index (χ2v) is 5.59. The average Bonchev–Trinajstić information content (AvgIpc) is 3.13. The SMILES string of the molecule is C=C1[C@H](C)c2cc(C(=O)OC)ccc2N1CCC1OCCO1. The van der Waals surface area contributed by atoms with E-state index in [1.165, 1.54) is 7.11 Å². The number of nitrogens with zero attached hydrogens (tertiary/aromatic N) is 1. The van der Waals surface area contributed by atoms with Crippen LogP contribution in [0.5, 0.6) is 0 Å². The second kappa shape index (κ2) is 6.10. The van der Waals surface area contributed by atoms with Crippen molar-refractivity contribution >= 4 is 11.7 Å². The summed E-state index contributed by atoms with van der Waals surface area (Å²) in [4.78, 5) is 13.9. The number of fused-ring (bicyclic) bond motifs is 1. The molecular formula is C17H21NO4. The molecule has 1 aromatic rings. The summed E-state index contributed by atoms with van der Waals surface area (Å²) in [5, 5.41) is 0. The zero-order chi connectivity index (χ0) is 15.7. The predicted octanol–water partition coefficient (Wildman–Crippen LogP) is 2.67. The molecule has 0 amide bonds. The molecule has 0 aromatic heterocycles. The maximum Gasteiger partial charge on any atom is 0.337 e. The third kappa shape index (κ3) is 2.62. The highest BCUT2D eigenvalue weighted by molar-refractivity contribution is 5.91. The van der Waals surface area contributed by atoms with Crippen molar-refractivity contribution in [2.45, 2.75) is 25.6 Å². The third-order valence-corrected chi connectivity index (χ3v) is 4.33. The highest BCUT2D eigenvalue weighted by atomic mass is 16.7. The molecule has 1 saturated heterocycles. The van der Waals surface area contributed by atoms with E-state index in [1.54, 1.807) is 6.07 Å². The van der Waals surface area contributed by atoms with Gasteiger partial charge in [0.1, 0.15) is 0 Å². The van der Waals surface area contributed by atoms with Crippen LogP contribution in [-0.4, -0.2) is 39.1 Å². The fourth-order valence-electron chi connectivity index (χ4n) is 3.03. The summed E-state index contributed by atoms with van der Waals surface area (Å²) in [7, 11) is 1.39. The smallest absolute Gasteiger partial charge is 0.337 e. The molecule has 0 unspecified atom stereocenters. The van der Waals surface area contributed by atoms with E-state index >= 15 is 0 Å². The van der Waals surface area contributed by atoms with Gasteiger partial charge in [0.2, 0.25) is 0 Å². The Morgan fingerprint density at radius 1 is 1.41 bits per heavy atom. The van der Waals surface area contributed by atoms with Gasteiger partial charge in [0.05, 0.1) is 25.9 Å². The Labute approximate surface area is 130 Å². The Kier molecular flexibility index (Phi) is 4.18. The van der Waals surface area contributed by atoms with Gasteiger partial charge in [0.15, 0.2) is 6.29 Å². The maximum absolute atomic E-state index is 11.7. The van der Waals surface area contributed by atoms with Gasteiger partial charge in [0, 0.05) is 30.3 Å². The molecule has 0 bridgehead atoms. The zero-order valence-electron chi connectivity index (χ0n) is 13.0. The van der Waals surface area contributed by atoms with E-state index in [0.29, 0.717) is 18.8 Å². The summed E-state index contributed by atoms with van der Waals surface area (Å²) in [5.74, 6) is -0.128. The van der Waals surface area contributed by atoms with Gasteiger partial charge in [0.25, 0.3) is 0 Å². The Morgan fingerprint density at radius 2 is 2.14 bits per heavy atom. The Bertz CT molecular complexity index is 592. The second-order valence-electron chi connectivity index (χ2n) is 5.59. The lowest BCUT2D eigenvalue weighted by molar-refractivity contribution is -0.0446. The fourth-order valence-corrected chi connectivity index (χ4v) is 3.03. The van der Waals surface area contributed by atoms with Gasteiger partial charge in [-0.1, -0.05) is 13.5 Å². The quantitative estimate of drug-likeness (QED) is 0.800. The normalized spacial score (nSPS) is 21.3. The minimum absolute atomic E-state index is 0.124. The molecule has 0 saturated carbocycles. The number of esters is 1. The predicted molar refractivity (Wildman–Crippen MR) is 83.0 cm³/mol. The minimum Gasteiger partial charge on any atom is -0.465 e. The summed E-state index contributed by atoms with van der Waals surface area (Å²) in [6.07, 6.45) is 0.672. The van der Waals surface area contributed by atoms with Gasteiger partial charge < -0.3 is 19.1 Å². The first-order valence-corrected chi connectivity index (χ1v) is 7.53. The van der Waals surface area contributed by atoms with E-state index in [2.05, 4.69) is 18.4 Å². The van der Waals surface area contributed by atoms with E-state index in [-0.39, 0.29) is 18.2 Å². The van der Waals surface area contributed by atoms with Crippen LogP contribution in [0.2, 0.25) is 0 Å². The van der Waals surface area contributed by atoms with Gasteiger partial charge in [-0.3, -0.25) is 0 Å². The molecule has 1 aromatic carbocycles. The Morgan fingerprint density at radius 3 is 2.82 bits per heavy atom. The maximum atomic E-state index is 11.7. The molecule has 5 nitrogen and oxygen atoms in total. The average molecular weight is 303 g/mol. The van der Waals surface area contributed by atoms with Crippen LogP contribution in [-0.2, 0) is 14.2 Å². The number of benzene rings is 1. The number of anilines is 1. The number of rotatable bonds is 4. The van der Waals surface area contributed by atoms with Crippen molar-refractivity contribution in [2.75, 3.05) is 31.8 Å². The number of methoxy groups -OCH3 is 1. The first-order valence-electron chi connectivity index (χ1n) is 7.53. The summed E-state index contributed by atoms with van der Waals surface area (Å²) in [6, 6.07) is 5.66. The van der Waals surface area contributed by atoms with Crippen molar-refractivity contribution in [1.29, 1.82) is 0 Å². The van der Waals surface area contributed by atoms with Crippen LogP contribution >= 0.6 is 0 Å². The Hall–Kier alpha value is -1.85. The molecular weight excluding hydrogens is 282 g/mol. The highest BCUT2D eigenvalue weighted by Crippen LogP contribution is 2.43. The van der Waals surface area contributed by atoms with Gasteiger partial charge >= 0.3 is 5.97 Å². The molecule has 1 fully saturated rings. The van der Waals surface area contributed by atoms with Gasteiger partial charge in [-0.25, -0.2) is 4.79 Å². The molecule has 2 aliphatic rings. The topological polar surface area (TPSA) is 48.0 Å². The molecule has 118 valence electrons. The van der Waals surface area contributed by atoms with E-state index in [9.17, 15) is 4.79 Å². The monoisotopic (exact) mass is 303 g/mol. The summed E-state index contributed by atoms with van der Waals surface area (Å²) >= 11 is 0. The fraction of sp³-hybridized carbons (Fsp3) is 0.471. The molecule has 2 aliphatic heterocycles. The molecule has 3 rings (SSSR count). The number of carbonyl (C=O) groups excluding carboxylic acids is 1. The lowest BCUT2D eigenvalue weighted by atomic mass is 9.99. The van der Waals surface area contributed by atoms with E-state index in [4.69, 9.17) is 14.2 Å². The van der Waals surface area contributed by atoms with Crippen molar-refractivity contribution < 1.29 is 19.0 Å². The number of allylic oxidation sites excluding steroid dienone is 1. The number of hydrogen-bond acceptors (Lipinski definition) is 5. The lowest BCUT2D eigenvalue weighted by Gasteiger charge is -2.23. The summed E-state index contributed by atoms with van der Waals surface area (Å²) < 4.78 is 15.8. The van der Waals surface area contributed by atoms with Gasteiger partial charge in [-0.15, -0.1) is 0 Å². The van der Waals surface area contributed by atoms with Crippen LogP contribution in [0.1, 0.15) is 35.2 Å². The van der Waals surface area contributed by atoms with Crippen molar-refractivity contribution in [3.05, 3.63) is 41.6 Å². The van der Waals surface area contributed by atoms with Crippen LogP contribution in [0.3, 0.4) is 0 Å². The first-order chi connectivity index (χ1) is 10.6. The molecule has 0 spiro atoms. The largest absolute Gasteiger partial charge is 0.465 e. The molecule has 0 N–H and O–H groups in total. The molecule has 0 radical (unpaired) electrons. The van der Waals surface area contributed by atoms with Crippen molar-refractivity contribution in [3.63, 3.8) is 0 Å². The van der Waals surface area contributed by atoms with E-state index < -0.39 is 0 Å². The summed E-state index contributed by atoms with van der Waals surface area (Å²) in [6.45, 7) is 8.43. The number of ether oxygens (including phenoxy) is 3. The van der Waals surface area contributed by atoms with Gasteiger partial charge in [-0.2, -0.15) is 0 Å². The summed E-state index contributed by atoms with van der Waals surface area (Å²) in [5.41, 5.74) is 3.82. The molecule has 0 aliphatic carbocycles. The van der Waals surface area contributed by atoms with Crippen LogP contribution in [0.25, 0.3) is 0 Å². The molecule has 5 heteroatoms. The number of carbonyl (C=O) groups is 1. The van der Waals surface area contributed by atoms with Gasteiger partial charge in [-0.05, 0) is 23.8 Å². The lowest BCUT2D eigenvalue weighted by Crippen LogP contribution is -2.24. The van der Waals surface area contributed by atoms with Crippen LogP contribution in [0.4, 0.5) is 5.69 Å². The minimum atomic E-state index is -0.313. The highest BCUT2D eigenvalue weighted by Gasteiger charge is 2.31. The van der Waals surface area contributed by atoms with E-state index in [1.807, 2.05) is 12.1 Å². The molecule has 2 heterocycles. The van der Waals surface area contributed by atoms with Crippen molar-refractivity contribution in [2.24, 2.45) is 0 Å². The van der Waals surface area contributed by atoms with Crippen LogP contribution in [0.15, 0.2) is 30.5 Å². The van der Waals surface area contributed by atoms with Crippen LogP contribution in [0, 0.1) is 0 Å². The number of hydrogen-bond donors (Lipinski definition) is 0. The van der Waals surface area contributed by atoms with Crippen molar-refractivity contribution in [1.82, 2.24) is 0 Å². The standard InChI is InChI=1S/C17H21NO4/c1-11-12(2)18(7-6-16-21-8-9-22-16)15-5-4-13(10-14(11)15)17(19)20-3/h4-5,10-11,16H,2,6-9H2,1,3H3/t11-/m0/s1. The Balaban J connectivity index is 1.79. The van der Waals surface area contributed by atoms with Crippen molar-refractivity contribution in [3.8, 4) is 0 Å². The van der Waals surface area contributed by atoms with E-state index in [0.717, 1.165) is 29.9 Å².